The van der Waals surface area contributed by atoms with Crippen molar-refractivity contribution in [1.29, 1.82) is 0 Å². The predicted molar refractivity (Wildman–Crippen MR) is 67.3 cm³/mol. The maximum Gasteiger partial charge on any atom is 0.233 e. The van der Waals surface area contributed by atoms with Crippen LogP contribution in [0.5, 0.6) is 0 Å². The normalized spacial score (nSPS) is 16.3. The van der Waals surface area contributed by atoms with E-state index in [1.807, 2.05) is 0 Å². The third-order valence-corrected chi connectivity index (χ3v) is 3.48. The van der Waals surface area contributed by atoms with Crippen LogP contribution >= 0.6 is 11.6 Å². The van der Waals surface area contributed by atoms with Gasteiger partial charge in [-0.05, 0) is 12.8 Å². The molecule has 3 rings (SSSR count). The second-order valence-electron chi connectivity index (χ2n) is 4.41. The number of halogens is 1. The lowest BCUT2D eigenvalue weighted by Crippen LogP contribution is -2.21. The summed E-state index contributed by atoms with van der Waals surface area (Å²) in [6, 6.07) is 0. The van der Waals surface area contributed by atoms with Crippen LogP contribution in [0.25, 0.3) is 11.2 Å². The van der Waals surface area contributed by atoms with Crippen molar-refractivity contribution < 1.29 is 4.79 Å². The molecule has 94 valence electrons. The molecule has 1 fully saturated rings. The summed E-state index contributed by atoms with van der Waals surface area (Å²) in [5.74, 6) is 0.261. The number of aromatic nitrogens is 4. The van der Waals surface area contributed by atoms with Crippen LogP contribution in [-0.2, 0) is 4.79 Å². The van der Waals surface area contributed by atoms with Crippen molar-refractivity contribution in [3.05, 3.63) is 11.5 Å². The van der Waals surface area contributed by atoms with Crippen LogP contribution in [0.3, 0.4) is 0 Å². The Morgan fingerprint density at radius 2 is 2.17 bits per heavy atom. The summed E-state index contributed by atoms with van der Waals surface area (Å²) < 4.78 is 0. The van der Waals surface area contributed by atoms with Crippen molar-refractivity contribution in [2.45, 2.75) is 25.7 Å². The summed E-state index contributed by atoms with van der Waals surface area (Å²) in [5.41, 5.74) is 1.03. The number of carbonyl (C=O) groups excluding carboxylic acids is 1. The van der Waals surface area contributed by atoms with E-state index in [0.29, 0.717) is 11.2 Å². The predicted octanol–water partition coefficient (Wildman–Crippen LogP) is 2.13. The average Bonchev–Trinajstić information content (AvgIpc) is 2.99. The lowest BCUT2D eigenvalue weighted by Gasteiger charge is -2.08. The van der Waals surface area contributed by atoms with E-state index >= 15 is 0 Å². The molecule has 2 aromatic heterocycles. The first kappa shape index (κ1) is 11.4. The highest BCUT2D eigenvalue weighted by atomic mass is 35.5. The molecule has 2 heterocycles. The first-order chi connectivity index (χ1) is 8.74. The number of rotatable bonds is 2. The fraction of sp³-hybridized carbons (Fsp3) is 0.455. The summed E-state index contributed by atoms with van der Waals surface area (Å²) in [6.07, 6.45) is 5.58. The van der Waals surface area contributed by atoms with Crippen molar-refractivity contribution in [1.82, 2.24) is 19.9 Å². The van der Waals surface area contributed by atoms with Crippen LogP contribution in [0.2, 0.25) is 5.15 Å². The zero-order chi connectivity index (χ0) is 12.5. The van der Waals surface area contributed by atoms with E-state index in [-0.39, 0.29) is 22.9 Å². The van der Waals surface area contributed by atoms with Crippen molar-refractivity contribution in [3.63, 3.8) is 0 Å². The molecule has 0 aliphatic heterocycles. The topological polar surface area (TPSA) is 83.6 Å². The van der Waals surface area contributed by atoms with Gasteiger partial charge in [-0.3, -0.25) is 10.1 Å². The van der Waals surface area contributed by atoms with Crippen molar-refractivity contribution >= 4 is 34.6 Å². The number of anilines is 1. The molecule has 0 unspecified atom stereocenters. The second kappa shape index (κ2) is 4.53. The van der Waals surface area contributed by atoms with Crippen LogP contribution in [0, 0.1) is 5.92 Å². The zero-order valence-electron chi connectivity index (χ0n) is 9.61. The van der Waals surface area contributed by atoms with E-state index < -0.39 is 0 Å². The van der Waals surface area contributed by atoms with Gasteiger partial charge in [0.25, 0.3) is 0 Å². The van der Waals surface area contributed by atoms with Crippen LogP contribution in [0.1, 0.15) is 25.7 Å². The smallest absolute Gasteiger partial charge is 0.233 e. The lowest BCUT2D eigenvalue weighted by atomic mass is 10.1. The number of hydrogen-bond acceptors (Lipinski definition) is 4. The molecular formula is C11H12ClN5O. The Balaban J connectivity index is 1.83. The van der Waals surface area contributed by atoms with Gasteiger partial charge in [0.15, 0.2) is 10.8 Å². The number of fused-ring (bicyclic) bond motifs is 1. The van der Waals surface area contributed by atoms with Gasteiger partial charge < -0.3 is 4.98 Å². The summed E-state index contributed by atoms with van der Waals surface area (Å²) in [5, 5.41) is 2.97. The van der Waals surface area contributed by atoms with E-state index in [2.05, 4.69) is 25.3 Å². The Morgan fingerprint density at radius 3 is 2.94 bits per heavy atom. The minimum absolute atomic E-state index is 0.0292. The van der Waals surface area contributed by atoms with Crippen molar-refractivity contribution in [2.24, 2.45) is 5.92 Å². The fourth-order valence-electron chi connectivity index (χ4n) is 2.25. The minimum atomic E-state index is -0.0292. The molecule has 0 radical (unpaired) electrons. The van der Waals surface area contributed by atoms with E-state index in [1.54, 1.807) is 0 Å². The number of nitrogens with zero attached hydrogens (tertiary/aromatic N) is 3. The Bertz CT molecular complexity index is 590. The summed E-state index contributed by atoms with van der Waals surface area (Å²) in [6.45, 7) is 0. The molecule has 7 heteroatoms. The van der Waals surface area contributed by atoms with Crippen LogP contribution in [-0.4, -0.2) is 25.8 Å². The van der Waals surface area contributed by atoms with Crippen molar-refractivity contribution in [2.75, 3.05) is 5.32 Å². The number of amides is 1. The van der Waals surface area contributed by atoms with Crippen molar-refractivity contribution in [3.8, 4) is 0 Å². The van der Waals surface area contributed by atoms with E-state index in [4.69, 9.17) is 11.6 Å². The number of hydrogen-bond donors (Lipinski definition) is 2. The molecule has 1 aliphatic rings. The first-order valence-corrected chi connectivity index (χ1v) is 6.29. The molecule has 0 atom stereocenters. The number of H-pyrrole nitrogens is 1. The van der Waals surface area contributed by atoms with Gasteiger partial charge in [0.05, 0.1) is 6.33 Å². The number of aromatic amines is 1. The van der Waals surface area contributed by atoms with E-state index in [0.717, 1.165) is 25.7 Å². The Labute approximate surface area is 108 Å². The van der Waals surface area contributed by atoms with Gasteiger partial charge in [0, 0.05) is 5.92 Å². The van der Waals surface area contributed by atoms with Gasteiger partial charge in [-0.15, -0.1) is 0 Å². The molecule has 0 spiro atoms. The number of imidazole rings is 1. The van der Waals surface area contributed by atoms with Gasteiger partial charge in [-0.2, -0.15) is 9.97 Å². The highest BCUT2D eigenvalue weighted by molar-refractivity contribution is 6.33. The van der Waals surface area contributed by atoms with E-state index in [9.17, 15) is 4.79 Å². The number of carbonyl (C=O) groups is 1. The summed E-state index contributed by atoms with van der Waals surface area (Å²) in [7, 11) is 0. The molecule has 0 bridgehead atoms. The quantitative estimate of drug-likeness (QED) is 0.815. The van der Waals surface area contributed by atoms with Gasteiger partial charge in [0.2, 0.25) is 11.9 Å². The monoisotopic (exact) mass is 265 g/mol. The third-order valence-electron chi connectivity index (χ3n) is 3.20. The summed E-state index contributed by atoms with van der Waals surface area (Å²) >= 11 is 5.97. The Kier molecular flexibility index (Phi) is 2.87. The highest BCUT2D eigenvalue weighted by Crippen LogP contribution is 2.26. The molecule has 0 saturated heterocycles. The molecule has 1 amide bonds. The Hall–Kier alpha value is -1.69. The van der Waals surface area contributed by atoms with Gasteiger partial charge in [-0.25, -0.2) is 4.98 Å². The molecule has 0 aromatic carbocycles. The molecule has 6 nitrogen and oxygen atoms in total. The minimum Gasteiger partial charge on any atom is -0.341 e. The molecule has 18 heavy (non-hydrogen) atoms. The summed E-state index contributed by atoms with van der Waals surface area (Å²) in [4.78, 5) is 27.0. The second-order valence-corrected chi connectivity index (χ2v) is 4.77. The highest BCUT2D eigenvalue weighted by Gasteiger charge is 2.23. The van der Waals surface area contributed by atoms with Gasteiger partial charge in [0.1, 0.15) is 5.52 Å². The SMILES string of the molecule is O=C(Nc1nc(Cl)c2[nH]cnc2n1)C1CCCC1. The number of nitrogens with one attached hydrogen (secondary N) is 2. The lowest BCUT2D eigenvalue weighted by molar-refractivity contribution is -0.119. The average molecular weight is 266 g/mol. The molecule has 2 aromatic rings. The zero-order valence-corrected chi connectivity index (χ0v) is 10.4. The standard InChI is InChI=1S/C11H12ClN5O/c12-8-7-9(14-5-13-7)16-11(15-8)17-10(18)6-3-1-2-4-6/h5-6H,1-4H2,(H2,13,14,15,16,17,18). The van der Waals surface area contributed by atoms with Crippen LogP contribution in [0.4, 0.5) is 5.95 Å². The molecule has 1 aliphatic carbocycles. The fourth-order valence-corrected chi connectivity index (χ4v) is 2.47. The molecule has 2 N–H and O–H groups in total. The van der Waals surface area contributed by atoms with Crippen LogP contribution in [0.15, 0.2) is 6.33 Å². The largest absolute Gasteiger partial charge is 0.341 e. The molecular weight excluding hydrogens is 254 g/mol. The van der Waals surface area contributed by atoms with Gasteiger partial charge in [-0.1, -0.05) is 24.4 Å². The maximum atomic E-state index is 11.9. The molecule has 1 saturated carbocycles. The first-order valence-electron chi connectivity index (χ1n) is 5.91. The third kappa shape index (κ3) is 2.03. The van der Waals surface area contributed by atoms with Gasteiger partial charge >= 0.3 is 0 Å². The maximum absolute atomic E-state index is 11.9. The van der Waals surface area contributed by atoms with E-state index in [1.165, 1.54) is 6.33 Å². The Morgan fingerprint density at radius 1 is 1.39 bits per heavy atom. The van der Waals surface area contributed by atoms with Crippen LogP contribution < -0.4 is 5.32 Å².